The number of nitrogens with zero attached hydrogens (tertiary/aromatic N) is 2. The molecule has 0 aliphatic carbocycles. The van der Waals surface area contributed by atoms with Gasteiger partial charge in [-0.1, -0.05) is 18.2 Å². The Morgan fingerprint density at radius 1 is 1.33 bits per heavy atom. The van der Waals surface area contributed by atoms with E-state index in [9.17, 15) is 0 Å². The highest BCUT2D eigenvalue weighted by Crippen LogP contribution is 2.21. The molecule has 94 valence electrons. The van der Waals surface area contributed by atoms with E-state index in [-0.39, 0.29) is 5.28 Å². The van der Waals surface area contributed by atoms with Crippen LogP contribution in [0.2, 0.25) is 5.28 Å². The molecule has 1 N–H and O–H groups in total. The average molecular weight is 264 g/mol. The first-order valence-electron chi connectivity index (χ1n) is 5.66. The van der Waals surface area contributed by atoms with Crippen molar-refractivity contribution in [2.24, 2.45) is 0 Å². The van der Waals surface area contributed by atoms with Gasteiger partial charge in [-0.2, -0.15) is 0 Å². The fourth-order valence-electron chi connectivity index (χ4n) is 1.59. The van der Waals surface area contributed by atoms with Gasteiger partial charge in [0.05, 0.1) is 18.7 Å². The molecule has 0 fully saturated rings. The zero-order valence-corrected chi connectivity index (χ0v) is 10.7. The average Bonchev–Trinajstić information content (AvgIpc) is 2.38. The summed E-state index contributed by atoms with van der Waals surface area (Å²) in [5.41, 5.74) is 0.826. The summed E-state index contributed by atoms with van der Waals surface area (Å²) < 4.78 is 5.29. The van der Waals surface area contributed by atoms with Gasteiger partial charge in [0.15, 0.2) is 0 Å². The van der Waals surface area contributed by atoms with E-state index in [4.69, 9.17) is 16.3 Å². The Labute approximate surface area is 111 Å². The number of rotatable bonds is 6. The summed E-state index contributed by atoms with van der Waals surface area (Å²) in [6.07, 6.45) is 1.72. The van der Waals surface area contributed by atoms with Crippen LogP contribution < -0.4 is 5.32 Å². The van der Waals surface area contributed by atoms with E-state index in [0.29, 0.717) is 19.8 Å². The number of nitrogens with one attached hydrogen (secondary N) is 1. The molecule has 1 aromatic carbocycles. The Balaban J connectivity index is 2.09. The molecule has 18 heavy (non-hydrogen) atoms. The summed E-state index contributed by atoms with van der Waals surface area (Å²) in [5, 5.41) is 4.38. The fourth-order valence-corrected chi connectivity index (χ4v) is 1.77. The lowest BCUT2D eigenvalue weighted by Gasteiger charge is -2.08. The molecule has 0 spiro atoms. The molecule has 0 atom stereocenters. The second kappa shape index (κ2) is 6.33. The van der Waals surface area contributed by atoms with E-state index in [1.165, 1.54) is 0 Å². The van der Waals surface area contributed by atoms with Crippen molar-refractivity contribution in [3.8, 4) is 0 Å². The minimum atomic E-state index is 0.239. The number of anilines is 1. The standard InChI is InChI=1S/C13H14ClN3O/c1-2-8-18-9-7-15-12-10-5-3-4-6-11(10)16-13(14)17-12/h2-6H,1,7-9H2,(H,15,16,17). The quantitative estimate of drug-likeness (QED) is 0.495. The molecule has 0 aliphatic heterocycles. The third kappa shape index (κ3) is 3.18. The number of para-hydroxylation sites is 1. The Morgan fingerprint density at radius 3 is 3.00 bits per heavy atom. The minimum absolute atomic E-state index is 0.239. The molecular weight excluding hydrogens is 250 g/mol. The first kappa shape index (κ1) is 12.8. The van der Waals surface area contributed by atoms with Crippen LogP contribution in [0.5, 0.6) is 0 Å². The van der Waals surface area contributed by atoms with Crippen LogP contribution in [0.25, 0.3) is 10.9 Å². The van der Waals surface area contributed by atoms with Crippen LogP contribution >= 0.6 is 11.6 Å². The number of benzene rings is 1. The highest BCUT2D eigenvalue weighted by molar-refractivity contribution is 6.28. The second-order valence-electron chi connectivity index (χ2n) is 3.65. The molecule has 4 nitrogen and oxygen atoms in total. The minimum Gasteiger partial charge on any atom is -0.376 e. The smallest absolute Gasteiger partial charge is 0.224 e. The topological polar surface area (TPSA) is 47.0 Å². The predicted molar refractivity (Wildman–Crippen MR) is 74.1 cm³/mol. The molecule has 1 aromatic heterocycles. The number of fused-ring (bicyclic) bond motifs is 1. The number of aromatic nitrogens is 2. The van der Waals surface area contributed by atoms with E-state index < -0.39 is 0 Å². The maximum atomic E-state index is 5.88. The number of ether oxygens (including phenoxy) is 1. The number of hydrogen-bond acceptors (Lipinski definition) is 4. The van der Waals surface area contributed by atoms with Gasteiger partial charge in [0.2, 0.25) is 5.28 Å². The molecule has 1 heterocycles. The van der Waals surface area contributed by atoms with Gasteiger partial charge < -0.3 is 10.1 Å². The van der Waals surface area contributed by atoms with Gasteiger partial charge in [0.1, 0.15) is 5.82 Å². The zero-order chi connectivity index (χ0) is 12.8. The van der Waals surface area contributed by atoms with Crippen molar-refractivity contribution in [3.63, 3.8) is 0 Å². The van der Waals surface area contributed by atoms with Gasteiger partial charge in [-0.25, -0.2) is 9.97 Å². The van der Waals surface area contributed by atoms with Crippen LogP contribution in [-0.2, 0) is 4.74 Å². The summed E-state index contributed by atoms with van der Waals surface area (Å²) in [6.45, 7) is 5.38. The molecule has 0 bridgehead atoms. The number of halogens is 1. The van der Waals surface area contributed by atoms with Crippen molar-refractivity contribution < 1.29 is 4.74 Å². The lowest BCUT2D eigenvalue weighted by molar-refractivity contribution is 0.173. The van der Waals surface area contributed by atoms with Crippen LogP contribution in [0, 0.1) is 0 Å². The van der Waals surface area contributed by atoms with Crippen molar-refractivity contribution >= 4 is 28.3 Å². The van der Waals surface area contributed by atoms with Crippen LogP contribution in [-0.4, -0.2) is 29.7 Å². The zero-order valence-electron chi connectivity index (χ0n) is 9.90. The van der Waals surface area contributed by atoms with E-state index in [1.54, 1.807) is 6.08 Å². The van der Waals surface area contributed by atoms with Gasteiger partial charge in [-0.15, -0.1) is 6.58 Å². The van der Waals surface area contributed by atoms with Gasteiger partial charge in [-0.05, 0) is 23.7 Å². The van der Waals surface area contributed by atoms with Crippen molar-refractivity contribution in [2.45, 2.75) is 0 Å². The monoisotopic (exact) mass is 263 g/mol. The van der Waals surface area contributed by atoms with Gasteiger partial charge in [0.25, 0.3) is 0 Å². The first-order chi connectivity index (χ1) is 8.81. The second-order valence-corrected chi connectivity index (χ2v) is 3.99. The molecule has 2 rings (SSSR count). The highest BCUT2D eigenvalue weighted by atomic mass is 35.5. The normalized spacial score (nSPS) is 10.5. The maximum Gasteiger partial charge on any atom is 0.224 e. The van der Waals surface area contributed by atoms with Crippen molar-refractivity contribution in [1.82, 2.24) is 9.97 Å². The highest BCUT2D eigenvalue weighted by Gasteiger charge is 2.05. The van der Waals surface area contributed by atoms with E-state index in [1.807, 2.05) is 24.3 Å². The van der Waals surface area contributed by atoms with E-state index >= 15 is 0 Å². The van der Waals surface area contributed by atoms with Crippen molar-refractivity contribution in [3.05, 3.63) is 42.2 Å². The lowest BCUT2D eigenvalue weighted by Crippen LogP contribution is -2.11. The molecule has 0 radical (unpaired) electrons. The SMILES string of the molecule is C=CCOCCNc1nc(Cl)nc2ccccc12. The maximum absolute atomic E-state index is 5.88. The van der Waals surface area contributed by atoms with Crippen LogP contribution in [0.15, 0.2) is 36.9 Å². The van der Waals surface area contributed by atoms with Crippen molar-refractivity contribution in [2.75, 3.05) is 25.1 Å². The Morgan fingerprint density at radius 2 is 2.17 bits per heavy atom. The van der Waals surface area contributed by atoms with Gasteiger partial charge in [-0.3, -0.25) is 0 Å². The lowest BCUT2D eigenvalue weighted by atomic mass is 10.2. The predicted octanol–water partition coefficient (Wildman–Crippen LogP) is 2.90. The third-order valence-corrected chi connectivity index (χ3v) is 2.52. The molecule has 0 saturated heterocycles. The molecule has 0 unspecified atom stereocenters. The van der Waals surface area contributed by atoms with Crippen LogP contribution in [0.3, 0.4) is 0 Å². The Bertz CT molecular complexity index is 545. The molecule has 0 aliphatic rings. The van der Waals surface area contributed by atoms with Crippen LogP contribution in [0.4, 0.5) is 5.82 Å². The van der Waals surface area contributed by atoms with E-state index in [2.05, 4.69) is 21.9 Å². The Kier molecular flexibility index (Phi) is 4.50. The van der Waals surface area contributed by atoms with Crippen molar-refractivity contribution in [1.29, 1.82) is 0 Å². The number of hydrogen-bond donors (Lipinski definition) is 1. The molecule has 0 amide bonds. The summed E-state index contributed by atoms with van der Waals surface area (Å²) >= 11 is 5.88. The first-order valence-corrected chi connectivity index (χ1v) is 6.04. The van der Waals surface area contributed by atoms with Gasteiger partial charge >= 0.3 is 0 Å². The fraction of sp³-hybridized carbons (Fsp3) is 0.231. The summed E-state index contributed by atoms with van der Waals surface area (Å²) in [5.74, 6) is 0.729. The van der Waals surface area contributed by atoms with Crippen LogP contribution in [0.1, 0.15) is 0 Å². The largest absolute Gasteiger partial charge is 0.376 e. The summed E-state index contributed by atoms with van der Waals surface area (Å²) in [4.78, 5) is 8.35. The summed E-state index contributed by atoms with van der Waals surface area (Å²) in [6, 6.07) is 7.72. The summed E-state index contributed by atoms with van der Waals surface area (Å²) in [7, 11) is 0. The molecular formula is C13H14ClN3O. The van der Waals surface area contributed by atoms with E-state index in [0.717, 1.165) is 16.7 Å². The van der Waals surface area contributed by atoms with Gasteiger partial charge in [0, 0.05) is 11.9 Å². The third-order valence-electron chi connectivity index (χ3n) is 2.35. The molecule has 2 aromatic rings. The molecule has 5 heteroatoms. The molecule has 0 saturated carbocycles. The Hall–Kier alpha value is -1.65.